The molecule has 0 fully saturated rings. The lowest BCUT2D eigenvalue weighted by Gasteiger charge is -2.22. The van der Waals surface area contributed by atoms with Gasteiger partial charge in [-0.1, -0.05) is 135 Å². The van der Waals surface area contributed by atoms with Crippen LogP contribution >= 0.6 is 11.3 Å². The Balaban J connectivity index is 1.30. The van der Waals surface area contributed by atoms with Gasteiger partial charge in [-0.05, 0) is 91.3 Å². The maximum atomic E-state index is 10.4. The summed E-state index contributed by atoms with van der Waals surface area (Å²) >= 11 is 0.623. The van der Waals surface area contributed by atoms with Crippen LogP contribution < -0.4 is 0 Å². The SMILES string of the molecule is [2H]c1c([2H])c([2H])c2c(c1[2H])-c1c(c([2H])c(-c3nc(-c4c([2H])c([2H])c5sc6c([2H])c([2H])c([2H])c([2H])c6c5c4[2H])nc(-c4c([2H])c([2H])c5c([2H])c([2H])c6c7c([2H])c([2H])c([2H])c([2H])c7c([2H])c([2H])c6c5c4[2H])n3)c3c1oc1c([2H])c([2H])c([2H])c([2H])c13)C2(C([2H])([2H])[2H])C([2H])([2H])[2H]. The number of para-hydroxylation sites is 1. The molecule has 3 heterocycles. The molecule has 276 valence electrons. The second-order valence-electron chi connectivity index (χ2n) is 13.3. The lowest BCUT2D eigenvalue weighted by Crippen LogP contribution is -2.15. The third-order valence-electron chi connectivity index (χ3n) is 10.1. The standard InChI is InChI=1S/C54H33N3OS/c1-54(2)43-16-8-5-14-38(43)49-44(54)29-42(48-39-15-6-9-17-45(39)58-50(48)49)53-56-51(55-52(57-53)33-23-26-47-41(28-33)37-13-7-10-18-46(37)59-47)32-20-19-31-22-24-35-34-12-4-3-11-30(34)21-25-36(35)40(31)27-32/h3-29H,1-2H3/i1D3,2D3,3D,4D,5D,6D,7D,8D,9D,10D,11D,12D,13D,14D,15D,16D,17D,18D,19D,20D,21D,22D,23D,24D,25D,26D,27D,28D,29D. The zero-order valence-electron chi connectivity index (χ0n) is 62.2. The summed E-state index contributed by atoms with van der Waals surface area (Å²) < 4.78 is 308. The van der Waals surface area contributed by atoms with Crippen molar-refractivity contribution in [2.24, 2.45) is 0 Å². The Morgan fingerprint density at radius 3 is 1.97 bits per heavy atom. The minimum atomic E-state index is -3.98. The summed E-state index contributed by atoms with van der Waals surface area (Å²) in [5.74, 6) is -3.12. The van der Waals surface area contributed by atoms with E-state index < -0.39 is 293 Å². The molecule has 0 saturated heterocycles. The normalized spacial score (nSPS) is 21.7. The van der Waals surface area contributed by atoms with Crippen LogP contribution in [0.1, 0.15) is 70.1 Å². The van der Waals surface area contributed by atoms with Crippen molar-refractivity contribution in [2.45, 2.75) is 19.1 Å². The zero-order valence-corrected chi connectivity index (χ0v) is 30.0. The molecule has 0 unspecified atom stereocenters. The first kappa shape index (κ1) is 14.3. The van der Waals surface area contributed by atoms with Gasteiger partial charge in [0.25, 0.3) is 0 Å². The highest BCUT2D eigenvalue weighted by molar-refractivity contribution is 7.25. The molecule has 1 aliphatic rings. The topological polar surface area (TPSA) is 51.8 Å². The second-order valence-corrected chi connectivity index (χ2v) is 14.3. The Labute approximate surface area is 389 Å². The molecule has 0 amide bonds. The molecule has 3 aromatic heterocycles. The van der Waals surface area contributed by atoms with Gasteiger partial charge in [0.15, 0.2) is 17.5 Å². The van der Waals surface area contributed by atoms with E-state index in [9.17, 15) is 17.8 Å². The number of rotatable bonds is 3. The van der Waals surface area contributed by atoms with Crippen molar-refractivity contribution >= 4 is 85.8 Å². The van der Waals surface area contributed by atoms with Gasteiger partial charge in [-0.15, -0.1) is 11.3 Å². The van der Waals surface area contributed by atoms with Crippen LogP contribution in [0, 0.1) is 0 Å². The monoisotopic (exact) mass is 804 g/mol. The molecule has 0 radical (unpaired) electrons. The first-order valence-corrected chi connectivity index (χ1v) is 18.2. The molecule has 0 spiro atoms. The van der Waals surface area contributed by atoms with E-state index in [4.69, 9.17) is 31.8 Å². The third-order valence-corrected chi connectivity index (χ3v) is 11.1. The summed E-state index contributed by atoms with van der Waals surface area (Å²) in [5, 5.41) is -5.83. The maximum Gasteiger partial charge on any atom is 0.164 e. The molecule has 1 aliphatic carbocycles. The Kier molecular flexibility index (Phi) is 2.88. The molecule has 59 heavy (non-hydrogen) atoms. The van der Waals surface area contributed by atoms with E-state index in [2.05, 4.69) is 15.0 Å². The highest BCUT2D eigenvalue weighted by Crippen LogP contribution is 2.54. The van der Waals surface area contributed by atoms with Gasteiger partial charge in [-0.25, -0.2) is 15.0 Å². The second kappa shape index (κ2) is 11.9. The van der Waals surface area contributed by atoms with Crippen molar-refractivity contribution in [1.82, 2.24) is 15.0 Å². The van der Waals surface area contributed by atoms with E-state index in [1.165, 1.54) is 0 Å². The van der Waals surface area contributed by atoms with E-state index in [1.54, 1.807) is 0 Å². The van der Waals surface area contributed by atoms with Gasteiger partial charge < -0.3 is 4.42 Å². The summed E-state index contributed by atoms with van der Waals surface area (Å²) in [6.45, 7) is -7.96. The largest absolute Gasteiger partial charge is 0.455 e. The number of furan rings is 1. The number of hydrogen-bond acceptors (Lipinski definition) is 5. The smallest absolute Gasteiger partial charge is 0.164 e. The number of benzene rings is 9. The average Bonchev–Trinajstić information content (AvgIpc) is 1.46. The fourth-order valence-corrected chi connectivity index (χ4v) is 8.38. The van der Waals surface area contributed by atoms with Crippen molar-refractivity contribution in [3.8, 4) is 45.3 Å². The molecular weight excluding hydrogens is 739 g/mol. The van der Waals surface area contributed by atoms with Crippen LogP contribution in [-0.4, -0.2) is 15.0 Å². The number of hydrogen-bond donors (Lipinski definition) is 0. The van der Waals surface area contributed by atoms with Crippen LogP contribution in [0.5, 0.6) is 0 Å². The van der Waals surface area contributed by atoms with E-state index in [0.717, 1.165) is 0 Å². The van der Waals surface area contributed by atoms with Crippen LogP contribution in [-0.2, 0) is 5.41 Å². The average molecular weight is 805 g/mol. The number of nitrogens with zero attached hydrogens (tertiary/aromatic N) is 3. The van der Waals surface area contributed by atoms with Gasteiger partial charge >= 0.3 is 0 Å². The van der Waals surface area contributed by atoms with Gasteiger partial charge in [0.1, 0.15) is 11.2 Å². The quantitative estimate of drug-likeness (QED) is 0.167. The van der Waals surface area contributed by atoms with Gasteiger partial charge in [0, 0.05) is 66.8 Å². The highest BCUT2D eigenvalue weighted by atomic mass is 32.1. The Bertz CT molecular complexity index is 5580. The van der Waals surface area contributed by atoms with Crippen LogP contribution in [0.15, 0.2) is 168 Å². The highest BCUT2D eigenvalue weighted by Gasteiger charge is 2.39. The molecule has 0 bridgehead atoms. The summed E-state index contributed by atoms with van der Waals surface area (Å²) in [7, 11) is 0. The molecule has 5 heteroatoms. The maximum absolute atomic E-state index is 10.4. The Hall–Kier alpha value is -7.21. The molecule has 0 atom stereocenters. The molecule has 0 N–H and O–H groups in total. The van der Waals surface area contributed by atoms with Gasteiger partial charge in [-0.2, -0.15) is 0 Å². The summed E-state index contributed by atoms with van der Waals surface area (Å²) in [4.78, 5) is 13.8. The number of thiophene rings is 1. The van der Waals surface area contributed by atoms with E-state index in [0.29, 0.717) is 11.3 Å². The van der Waals surface area contributed by atoms with Crippen molar-refractivity contribution < 1.29 is 49.7 Å². The van der Waals surface area contributed by atoms with Crippen LogP contribution in [0.3, 0.4) is 0 Å². The van der Waals surface area contributed by atoms with Gasteiger partial charge in [-0.3, -0.25) is 0 Å². The molecule has 0 saturated carbocycles. The van der Waals surface area contributed by atoms with Crippen molar-refractivity contribution in [3.63, 3.8) is 0 Å². The lowest BCUT2D eigenvalue weighted by molar-refractivity contribution is 0.653. The summed E-state index contributed by atoms with van der Waals surface area (Å²) in [5.41, 5.74) is -12.0. The third kappa shape index (κ3) is 4.68. The Morgan fingerprint density at radius 2 is 1.12 bits per heavy atom. The fourth-order valence-electron chi connectivity index (χ4n) is 7.46. The van der Waals surface area contributed by atoms with Crippen molar-refractivity contribution in [1.29, 1.82) is 0 Å². The summed E-state index contributed by atoms with van der Waals surface area (Å²) in [6.07, 6.45) is 0. The first-order valence-electron chi connectivity index (χ1n) is 33.9. The molecular formula is C54H33N3OS. The molecule has 12 aromatic rings. The lowest BCUT2D eigenvalue weighted by atomic mass is 9.81. The fraction of sp³-hybridized carbons (Fsp3) is 0.0556. The molecule has 0 aliphatic heterocycles. The van der Waals surface area contributed by atoms with Crippen molar-refractivity contribution in [3.05, 3.63) is 174 Å². The number of aromatic nitrogens is 3. The zero-order chi connectivity index (χ0) is 67.5. The van der Waals surface area contributed by atoms with E-state index in [1.807, 2.05) is 0 Å². The Morgan fingerprint density at radius 1 is 0.492 bits per heavy atom. The van der Waals surface area contributed by atoms with Crippen molar-refractivity contribution in [2.75, 3.05) is 0 Å². The van der Waals surface area contributed by atoms with Gasteiger partial charge in [0.2, 0.25) is 0 Å². The molecule has 4 nitrogen and oxygen atoms in total. The van der Waals surface area contributed by atoms with E-state index in [-0.39, 0.29) is 20.2 Å². The predicted molar refractivity (Wildman–Crippen MR) is 246 cm³/mol. The van der Waals surface area contributed by atoms with Crippen LogP contribution in [0.25, 0.3) is 120 Å². The molecule has 13 rings (SSSR count). The first-order chi connectivity index (χ1) is 42.7. The van der Waals surface area contributed by atoms with E-state index >= 15 is 0 Å². The summed E-state index contributed by atoms with van der Waals surface area (Å²) in [6, 6.07) is -25.0. The van der Waals surface area contributed by atoms with Crippen LogP contribution in [0.4, 0.5) is 0 Å². The minimum Gasteiger partial charge on any atom is -0.455 e. The minimum absolute atomic E-state index is 0.172. The predicted octanol–water partition coefficient (Wildman–Crippen LogP) is 14.9. The molecule has 9 aromatic carbocycles. The van der Waals surface area contributed by atoms with Gasteiger partial charge in [0.05, 0.1) is 37.0 Å². The van der Waals surface area contributed by atoms with Crippen LogP contribution in [0.2, 0.25) is 0 Å². The number of fused-ring (bicyclic) bond motifs is 15.